The first kappa shape index (κ1) is 19.1. The number of rotatable bonds is 8. The van der Waals surface area contributed by atoms with E-state index in [1.807, 2.05) is 24.3 Å². The largest absolute Gasteiger partial charge is 0.494 e. The van der Waals surface area contributed by atoms with Crippen molar-refractivity contribution in [3.05, 3.63) is 29.8 Å². The van der Waals surface area contributed by atoms with E-state index in [1.165, 1.54) is 0 Å². The molecule has 0 amide bonds. The summed E-state index contributed by atoms with van der Waals surface area (Å²) in [6.07, 6.45) is -0.0495. The molecule has 6 nitrogen and oxygen atoms in total. The Morgan fingerprint density at radius 1 is 1.08 bits per heavy atom. The molecule has 24 heavy (non-hydrogen) atoms. The Morgan fingerprint density at radius 3 is 2.42 bits per heavy atom. The molecule has 0 unspecified atom stereocenters. The number of likely N-dealkylation sites (tertiary alicyclic amines) is 1. The summed E-state index contributed by atoms with van der Waals surface area (Å²) < 4.78 is 5.68. The Kier molecular flexibility index (Phi) is 7.45. The molecule has 1 saturated heterocycles. The van der Waals surface area contributed by atoms with Crippen molar-refractivity contribution >= 4 is 0 Å². The highest BCUT2D eigenvalue weighted by atomic mass is 16.5. The molecule has 0 saturated carbocycles. The smallest absolute Gasteiger partial charge is 0.119 e. The van der Waals surface area contributed by atoms with Crippen LogP contribution in [0.5, 0.6) is 5.75 Å². The van der Waals surface area contributed by atoms with E-state index in [9.17, 15) is 20.4 Å². The molecule has 1 heterocycles. The Morgan fingerprint density at radius 2 is 1.79 bits per heavy atom. The van der Waals surface area contributed by atoms with Gasteiger partial charge in [-0.1, -0.05) is 31.9 Å². The van der Waals surface area contributed by atoms with Gasteiger partial charge in [0, 0.05) is 13.1 Å². The number of aliphatic hydroxyl groups excluding tert-OH is 4. The quantitative estimate of drug-likeness (QED) is 0.516. The Labute approximate surface area is 143 Å². The SMILES string of the molecule is CCCCCOc1ccc(CN2C[C@H](O)[C@@H](O)[C@H](O)[C@@H]2CO)cc1. The number of benzene rings is 1. The van der Waals surface area contributed by atoms with E-state index in [-0.39, 0.29) is 13.2 Å². The third kappa shape index (κ3) is 4.91. The van der Waals surface area contributed by atoms with Gasteiger partial charge in [-0.3, -0.25) is 4.90 Å². The average molecular weight is 339 g/mol. The van der Waals surface area contributed by atoms with Gasteiger partial charge in [0.2, 0.25) is 0 Å². The molecule has 6 heteroatoms. The van der Waals surface area contributed by atoms with Gasteiger partial charge < -0.3 is 25.2 Å². The minimum Gasteiger partial charge on any atom is -0.494 e. The Hall–Kier alpha value is -1.18. The molecule has 0 aliphatic carbocycles. The lowest BCUT2D eigenvalue weighted by molar-refractivity contribution is -0.147. The van der Waals surface area contributed by atoms with Crippen LogP contribution in [0.2, 0.25) is 0 Å². The number of nitrogens with zero attached hydrogens (tertiary/aromatic N) is 1. The summed E-state index contributed by atoms with van der Waals surface area (Å²) in [6.45, 7) is 3.27. The first-order chi connectivity index (χ1) is 11.6. The van der Waals surface area contributed by atoms with Crippen molar-refractivity contribution < 1.29 is 25.2 Å². The lowest BCUT2D eigenvalue weighted by atomic mass is 9.94. The van der Waals surface area contributed by atoms with Crippen LogP contribution in [0.3, 0.4) is 0 Å². The Bertz CT molecular complexity index is 481. The number of hydrogen-bond acceptors (Lipinski definition) is 6. The fourth-order valence-electron chi connectivity index (χ4n) is 3.03. The Balaban J connectivity index is 1.92. The van der Waals surface area contributed by atoms with Crippen molar-refractivity contribution in [1.82, 2.24) is 4.90 Å². The fourth-order valence-corrected chi connectivity index (χ4v) is 3.03. The minimum atomic E-state index is -1.22. The van der Waals surface area contributed by atoms with Crippen LogP contribution in [0.4, 0.5) is 0 Å². The molecular formula is C18H29NO5. The van der Waals surface area contributed by atoms with E-state index in [0.29, 0.717) is 13.2 Å². The normalized spacial score (nSPS) is 28.0. The molecule has 136 valence electrons. The van der Waals surface area contributed by atoms with Crippen molar-refractivity contribution in [2.75, 3.05) is 19.8 Å². The second kappa shape index (κ2) is 9.34. The summed E-state index contributed by atoms with van der Waals surface area (Å²) in [5.41, 5.74) is 0.991. The summed E-state index contributed by atoms with van der Waals surface area (Å²) >= 11 is 0. The molecule has 1 fully saturated rings. The molecule has 1 aromatic rings. The zero-order valence-electron chi connectivity index (χ0n) is 14.2. The number of unbranched alkanes of at least 4 members (excludes halogenated alkanes) is 2. The van der Waals surface area contributed by atoms with Crippen LogP contribution < -0.4 is 4.74 Å². The van der Waals surface area contributed by atoms with Crippen LogP contribution in [0, 0.1) is 0 Å². The van der Waals surface area contributed by atoms with E-state index in [0.717, 1.165) is 30.6 Å². The maximum atomic E-state index is 10.0. The monoisotopic (exact) mass is 339 g/mol. The highest BCUT2D eigenvalue weighted by molar-refractivity contribution is 5.27. The molecule has 1 aliphatic rings. The van der Waals surface area contributed by atoms with Gasteiger partial charge in [-0.15, -0.1) is 0 Å². The van der Waals surface area contributed by atoms with E-state index >= 15 is 0 Å². The summed E-state index contributed by atoms with van der Waals surface area (Å²) in [6, 6.07) is 7.09. The molecule has 0 aromatic heterocycles. The molecule has 4 N–H and O–H groups in total. The number of hydrogen-bond donors (Lipinski definition) is 4. The summed E-state index contributed by atoms with van der Waals surface area (Å²) in [7, 11) is 0. The highest BCUT2D eigenvalue weighted by Crippen LogP contribution is 2.22. The maximum Gasteiger partial charge on any atom is 0.119 e. The van der Waals surface area contributed by atoms with Crippen LogP contribution >= 0.6 is 0 Å². The van der Waals surface area contributed by atoms with Gasteiger partial charge in [0.1, 0.15) is 18.0 Å². The predicted octanol–water partition coefficient (Wildman–Crippen LogP) is 0.515. The van der Waals surface area contributed by atoms with Gasteiger partial charge in [0.05, 0.1) is 25.4 Å². The van der Waals surface area contributed by atoms with Crippen LogP contribution in [-0.4, -0.2) is 69.4 Å². The minimum absolute atomic E-state index is 0.207. The topological polar surface area (TPSA) is 93.4 Å². The number of aliphatic hydroxyl groups is 4. The number of piperidine rings is 1. The average Bonchev–Trinajstić information content (AvgIpc) is 2.58. The fraction of sp³-hybridized carbons (Fsp3) is 0.667. The van der Waals surface area contributed by atoms with Crippen LogP contribution in [0.1, 0.15) is 31.7 Å². The van der Waals surface area contributed by atoms with E-state index < -0.39 is 24.4 Å². The number of β-amino-alcohol motifs (C(OH)–C–C–N with tert-alkyl or cyclic N) is 1. The lowest BCUT2D eigenvalue weighted by Gasteiger charge is -2.43. The predicted molar refractivity (Wildman–Crippen MR) is 90.8 cm³/mol. The molecular weight excluding hydrogens is 310 g/mol. The van der Waals surface area contributed by atoms with Crippen molar-refractivity contribution in [3.8, 4) is 5.75 Å². The van der Waals surface area contributed by atoms with Gasteiger partial charge in [-0.25, -0.2) is 0 Å². The van der Waals surface area contributed by atoms with E-state index in [2.05, 4.69) is 6.92 Å². The van der Waals surface area contributed by atoms with Gasteiger partial charge in [-0.05, 0) is 24.1 Å². The first-order valence-corrected chi connectivity index (χ1v) is 8.67. The van der Waals surface area contributed by atoms with Gasteiger partial charge in [0.15, 0.2) is 0 Å². The van der Waals surface area contributed by atoms with Crippen molar-refractivity contribution in [2.45, 2.75) is 57.1 Å². The highest BCUT2D eigenvalue weighted by Gasteiger charge is 2.40. The molecule has 0 bridgehead atoms. The molecule has 2 rings (SSSR count). The van der Waals surface area contributed by atoms with E-state index in [4.69, 9.17) is 4.74 Å². The van der Waals surface area contributed by atoms with E-state index in [1.54, 1.807) is 4.90 Å². The second-order valence-corrected chi connectivity index (χ2v) is 6.43. The zero-order valence-corrected chi connectivity index (χ0v) is 14.2. The summed E-state index contributed by atoms with van der Waals surface area (Å²) in [5.74, 6) is 0.822. The van der Waals surface area contributed by atoms with Crippen LogP contribution in [0.25, 0.3) is 0 Å². The zero-order chi connectivity index (χ0) is 17.5. The van der Waals surface area contributed by atoms with Crippen molar-refractivity contribution in [1.29, 1.82) is 0 Å². The summed E-state index contributed by atoms with van der Waals surface area (Å²) in [5, 5.41) is 39.1. The molecule has 1 aromatic carbocycles. The first-order valence-electron chi connectivity index (χ1n) is 8.67. The number of ether oxygens (including phenoxy) is 1. The molecule has 0 spiro atoms. The second-order valence-electron chi connectivity index (χ2n) is 6.43. The third-order valence-electron chi connectivity index (χ3n) is 4.54. The van der Waals surface area contributed by atoms with Crippen molar-refractivity contribution in [2.24, 2.45) is 0 Å². The molecule has 4 atom stereocenters. The van der Waals surface area contributed by atoms with Crippen molar-refractivity contribution in [3.63, 3.8) is 0 Å². The van der Waals surface area contributed by atoms with Gasteiger partial charge in [0.25, 0.3) is 0 Å². The van der Waals surface area contributed by atoms with Crippen LogP contribution in [0.15, 0.2) is 24.3 Å². The lowest BCUT2D eigenvalue weighted by Crippen LogP contribution is -2.62. The van der Waals surface area contributed by atoms with Crippen LogP contribution in [-0.2, 0) is 6.54 Å². The standard InChI is InChI=1S/C18H29NO5/c1-2-3-4-9-24-14-7-5-13(6-8-14)10-19-11-16(21)18(23)17(22)15(19)12-20/h5-8,15-18,20-23H,2-4,9-12H2,1H3/t15-,16-,17+,18+/m0/s1. The van der Waals surface area contributed by atoms with Gasteiger partial charge in [-0.2, -0.15) is 0 Å². The molecule has 0 radical (unpaired) electrons. The third-order valence-corrected chi connectivity index (χ3v) is 4.54. The van der Waals surface area contributed by atoms with Gasteiger partial charge >= 0.3 is 0 Å². The molecule has 1 aliphatic heterocycles. The maximum absolute atomic E-state index is 10.0. The summed E-state index contributed by atoms with van der Waals surface area (Å²) in [4.78, 5) is 1.79.